The summed E-state index contributed by atoms with van der Waals surface area (Å²) in [6.07, 6.45) is -1.84. The molecule has 4 atom stereocenters. The molecule has 0 aromatic carbocycles. The molecule has 4 unspecified atom stereocenters. The molecular weight excluding hydrogens is 272 g/mol. The van der Waals surface area contributed by atoms with E-state index < -0.39 is 47.9 Å². The summed E-state index contributed by atoms with van der Waals surface area (Å²) in [5.41, 5.74) is 0. The number of hydrogen-bond acceptors (Lipinski definition) is 6. The van der Waals surface area contributed by atoms with Gasteiger partial charge < -0.3 is 19.7 Å². The number of carboxylic acids is 2. The van der Waals surface area contributed by atoms with E-state index in [4.69, 9.17) is 9.47 Å². The minimum atomic E-state index is -1.45. The van der Waals surface area contributed by atoms with Crippen LogP contribution in [0.25, 0.3) is 0 Å². The number of aliphatic carboxylic acids is 2. The molecule has 1 saturated carbocycles. The Morgan fingerprint density at radius 2 is 1.10 bits per heavy atom. The summed E-state index contributed by atoms with van der Waals surface area (Å²) in [5.74, 6) is -7.07. The summed E-state index contributed by atoms with van der Waals surface area (Å²) in [7, 11) is 0. The molecule has 0 spiro atoms. The zero-order valence-corrected chi connectivity index (χ0v) is 11.1. The third-order valence-electron chi connectivity index (χ3n) is 3.13. The number of carbonyl (C=O) groups excluding carboxylic acids is 2. The molecule has 1 aliphatic rings. The summed E-state index contributed by atoms with van der Waals surface area (Å²) >= 11 is 0. The topological polar surface area (TPSA) is 127 Å². The maximum atomic E-state index is 11.3. The van der Waals surface area contributed by atoms with Crippen molar-refractivity contribution < 1.29 is 38.9 Å². The van der Waals surface area contributed by atoms with Crippen molar-refractivity contribution in [2.45, 2.75) is 38.9 Å². The molecule has 20 heavy (non-hydrogen) atoms. The monoisotopic (exact) mass is 288 g/mol. The molecule has 8 heteroatoms. The highest BCUT2D eigenvalue weighted by molar-refractivity contribution is 5.82. The van der Waals surface area contributed by atoms with Gasteiger partial charge in [-0.05, 0) is 12.8 Å². The van der Waals surface area contributed by atoms with Gasteiger partial charge in [0, 0.05) is 13.8 Å². The van der Waals surface area contributed by atoms with Crippen molar-refractivity contribution in [2.75, 3.05) is 0 Å². The van der Waals surface area contributed by atoms with Crippen molar-refractivity contribution in [3.8, 4) is 0 Å². The lowest BCUT2D eigenvalue weighted by Gasteiger charge is -2.37. The SMILES string of the molecule is CC(=O)OC1CCC(OC(C)=O)C(C(=O)O)C1C(=O)O. The van der Waals surface area contributed by atoms with E-state index in [1.807, 2.05) is 0 Å². The van der Waals surface area contributed by atoms with Gasteiger partial charge >= 0.3 is 23.9 Å². The highest BCUT2D eigenvalue weighted by atomic mass is 16.6. The normalized spacial score (nSPS) is 29.3. The Labute approximate surface area is 114 Å². The Balaban J connectivity index is 3.05. The highest BCUT2D eigenvalue weighted by Crippen LogP contribution is 2.35. The van der Waals surface area contributed by atoms with Crippen LogP contribution >= 0.6 is 0 Å². The van der Waals surface area contributed by atoms with Gasteiger partial charge in [-0.15, -0.1) is 0 Å². The molecule has 1 rings (SSSR count). The van der Waals surface area contributed by atoms with E-state index in [0.29, 0.717) is 0 Å². The van der Waals surface area contributed by atoms with Gasteiger partial charge in [0.15, 0.2) is 0 Å². The van der Waals surface area contributed by atoms with E-state index >= 15 is 0 Å². The van der Waals surface area contributed by atoms with Crippen LogP contribution in [0.3, 0.4) is 0 Å². The number of ether oxygens (including phenoxy) is 2. The second-order valence-corrected chi connectivity index (χ2v) is 4.60. The third-order valence-corrected chi connectivity index (χ3v) is 3.13. The zero-order chi connectivity index (χ0) is 15.4. The molecule has 0 amide bonds. The summed E-state index contributed by atoms with van der Waals surface area (Å²) < 4.78 is 9.75. The van der Waals surface area contributed by atoms with Crippen LogP contribution in [0.2, 0.25) is 0 Å². The lowest BCUT2D eigenvalue weighted by atomic mass is 9.75. The Bertz CT molecular complexity index is 389. The predicted molar refractivity (Wildman–Crippen MR) is 62.6 cm³/mol. The van der Waals surface area contributed by atoms with Crippen molar-refractivity contribution in [3.05, 3.63) is 0 Å². The molecule has 0 saturated heterocycles. The lowest BCUT2D eigenvalue weighted by molar-refractivity contribution is -0.184. The van der Waals surface area contributed by atoms with Gasteiger partial charge in [-0.3, -0.25) is 19.2 Å². The number of carbonyl (C=O) groups is 4. The van der Waals surface area contributed by atoms with Crippen molar-refractivity contribution in [1.29, 1.82) is 0 Å². The van der Waals surface area contributed by atoms with Crippen LogP contribution in [0, 0.1) is 11.8 Å². The Morgan fingerprint density at radius 3 is 1.30 bits per heavy atom. The highest BCUT2D eigenvalue weighted by Gasteiger charge is 2.50. The summed E-state index contributed by atoms with van der Waals surface area (Å²) in [6.45, 7) is 2.24. The summed E-state index contributed by atoms with van der Waals surface area (Å²) in [6, 6.07) is 0. The first-order valence-corrected chi connectivity index (χ1v) is 6.04. The third kappa shape index (κ3) is 3.69. The molecule has 2 N–H and O–H groups in total. The molecule has 1 aliphatic carbocycles. The largest absolute Gasteiger partial charge is 0.481 e. The Hall–Kier alpha value is -2.12. The van der Waals surface area contributed by atoms with Gasteiger partial charge in [0.05, 0.1) is 0 Å². The van der Waals surface area contributed by atoms with Gasteiger partial charge in [-0.2, -0.15) is 0 Å². The van der Waals surface area contributed by atoms with E-state index in [-0.39, 0.29) is 12.8 Å². The van der Waals surface area contributed by atoms with E-state index in [9.17, 15) is 29.4 Å². The van der Waals surface area contributed by atoms with Crippen LogP contribution in [0.5, 0.6) is 0 Å². The molecule has 0 aromatic heterocycles. The molecule has 0 radical (unpaired) electrons. The minimum Gasteiger partial charge on any atom is -0.481 e. The molecule has 0 aliphatic heterocycles. The molecule has 0 aromatic rings. The van der Waals surface area contributed by atoms with Crippen LogP contribution in [0.15, 0.2) is 0 Å². The van der Waals surface area contributed by atoms with Crippen molar-refractivity contribution in [2.24, 2.45) is 11.8 Å². The maximum absolute atomic E-state index is 11.3. The standard InChI is InChI=1S/C12H16O8/c1-5(13)19-7-3-4-8(20-6(2)14)10(12(17)18)9(7)11(15)16/h7-10H,3-4H2,1-2H3,(H,15,16)(H,17,18). The van der Waals surface area contributed by atoms with Gasteiger partial charge in [0.2, 0.25) is 0 Å². The van der Waals surface area contributed by atoms with Crippen LogP contribution in [-0.2, 0) is 28.7 Å². The fourth-order valence-corrected chi connectivity index (χ4v) is 2.47. The van der Waals surface area contributed by atoms with Gasteiger partial charge in [-0.25, -0.2) is 0 Å². The second kappa shape index (κ2) is 6.36. The van der Waals surface area contributed by atoms with Gasteiger partial charge in [0.25, 0.3) is 0 Å². The molecular formula is C12H16O8. The smallest absolute Gasteiger partial charge is 0.311 e. The average molecular weight is 288 g/mol. The second-order valence-electron chi connectivity index (χ2n) is 4.60. The first-order chi connectivity index (χ1) is 9.23. The van der Waals surface area contributed by atoms with Crippen LogP contribution in [-0.4, -0.2) is 46.3 Å². The van der Waals surface area contributed by atoms with Crippen LogP contribution < -0.4 is 0 Å². The maximum Gasteiger partial charge on any atom is 0.311 e. The molecule has 112 valence electrons. The number of hydrogen-bond donors (Lipinski definition) is 2. The van der Waals surface area contributed by atoms with Gasteiger partial charge in [0.1, 0.15) is 24.0 Å². The predicted octanol–water partition coefficient (Wildman–Crippen LogP) is 0.0452. The summed E-state index contributed by atoms with van der Waals surface area (Å²) in [5, 5.41) is 18.4. The minimum absolute atomic E-state index is 0.123. The fraction of sp³-hybridized carbons (Fsp3) is 0.667. The van der Waals surface area contributed by atoms with Crippen molar-refractivity contribution >= 4 is 23.9 Å². The Kier molecular flexibility index (Phi) is 5.06. The van der Waals surface area contributed by atoms with Crippen LogP contribution in [0.1, 0.15) is 26.7 Å². The number of rotatable bonds is 4. The lowest BCUT2D eigenvalue weighted by Crippen LogP contribution is -2.51. The molecule has 0 heterocycles. The van der Waals surface area contributed by atoms with E-state index in [1.165, 1.54) is 0 Å². The van der Waals surface area contributed by atoms with Gasteiger partial charge in [-0.1, -0.05) is 0 Å². The molecule has 1 fully saturated rings. The fourth-order valence-electron chi connectivity index (χ4n) is 2.47. The first-order valence-electron chi connectivity index (χ1n) is 6.04. The average Bonchev–Trinajstić information content (AvgIpc) is 2.28. The zero-order valence-electron chi connectivity index (χ0n) is 11.1. The summed E-state index contributed by atoms with van der Waals surface area (Å²) in [4.78, 5) is 44.5. The molecule has 8 nitrogen and oxygen atoms in total. The number of carboxylic acid groups (broad SMARTS) is 2. The van der Waals surface area contributed by atoms with Crippen molar-refractivity contribution in [3.63, 3.8) is 0 Å². The van der Waals surface area contributed by atoms with Crippen LogP contribution in [0.4, 0.5) is 0 Å². The quantitative estimate of drug-likeness (QED) is 0.694. The van der Waals surface area contributed by atoms with E-state index in [1.54, 1.807) is 0 Å². The van der Waals surface area contributed by atoms with E-state index in [2.05, 4.69) is 0 Å². The number of esters is 2. The molecule has 0 bridgehead atoms. The Morgan fingerprint density at radius 1 is 0.800 bits per heavy atom. The van der Waals surface area contributed by atoms with Crippen molar-refractivity contribution in [1.82, 2.24) is 0 Å². The first kappa shape index (κ1) is 15.9. The van der Waals surface area contributed by atoms with E-state index in [0.717, 1.165) is 13.8 Å².